The molecule has 0 spiro atoms. The van der Waals surface area contributed by atoms with E-state index < -0.39 is 0 Å². The number of hydrogen-bond acceptors (Lipinski definition) is 3. The summed E-state index contributed by atoms with van der Waals surface area (Å²) >= 11 is 0. The summed E-state index contributed by atoms with van der Waals surface area (Å²) in [6.07, 6.45) is 3.56. The van der Waals surface area contributed by atoms with Gasteiger partial charge in [-0.25, -0.2) is 0 Å². The molecule has 0 saturated heterocycles. The van der Waals surface area contributed by atoms with Crippen molar-refractivity contribution in [2.45, 2.75) is 0 Å². The normalized spacial score (nSPS) is 10.6. The van der Waals surface area contributed by atoms with Crippen LogP contribution in [-0.2, 0) is 0 Å². The van der Waals surface area contributed by atoms with Crippen molar-refractivity contribution >= 4 is 10.9 Å². The number of pyridine rings is 1. The number of fused-ring (bicyclic) bond motifs is 1. The Morgan fingerprint density at radius 1 is 0.957 bits per heavy atom. The van der Waals surface area contributed by atoms with Gasteiger partial charge in [0.2, 0.25) is 0 Å². The fourth-order valence-corrected chi connectivity index (χ4v) is 2.75. The minimum absolute atomic E-state index is 0.622. The summed E-state index contributed by atoms with van der Waals surface area (Å²) in [6, 6.07) is 19.8. The molecule has 4 heteroatoms. The standard InChI is InChI=1S/C19H12N4/c20-11-14-4-1-2-5-17(14)19-16(6-3-9-21-19)13-7-8-18-15(10-13)12-22-23-18/h1-10,12H,(H,22,23). The average Bonchev–Trinajstić information content (AvgIpc) is 3.09. The van der Waals surface area contributed by atoms with Crippen LogP contribution in [0.5, 0.6) is 0 Å². The zero-order valence-corrected chi connectivity index (χ0v) is 12.2. The molecular formula is C19H12N4. The van der Waals surface area contributed by atoms with Gasteiger partial charge in [-0.05, 0) is 29.8 Å². The zero-order chi connectivity index (χ0) is 15.6. The molecule has 0 atom stereocenters. The van der Waals surface area contributed by atoms with Crippen molar-refractivity contribution in [1.82, 2.24) is 15.2 Å². The first-order chi connectivity index (χ1) is 11.4. The van der Waals surface area contributed by atoms with E-state index in [1.54, 1.807) is 12.4 Å². The minimum atomic E-state index is 0.622. The van der Waals surface area contributed by atoms with Crippen molar-refractivity contribution in [2.75, 3.05) is 0 Å². The molecule has 0 amide bonds. The molecule has 1 N–H and O–H groups in total. The molecule has 2 aromatic heterocycles. The van der Waals surface area contributed by atoms with Crippen LogP contribution in [-0.4, -0.2) is 15.2 Å². The lowest BCUT2D eigenvalue weighted by molar-refractivity contribution is 1.12. The Labute approximate surface area is 133 Å². The Bertz CT molecular complexity index is 1040. The van der Waals surface area contributed by atoms with Gasteiger partial charge < -0.3 is 0 Å². The van der Waals surface area contributed by atoms with E-state index in [1.807, 2.05) is 48.5 Å². The maximum atomic E-state index is 9.36. The number of hydrogen-bond donors (Lipinski definition) is 1. The van der Waals surface area contributed by atoms with E-state index in [4.69, 9.17) is 0 Å². The van der Waals surface area contributed by atoms with Crippen LogP contribution in [0.2, 0.25) is 0 Å². The van der Waals surface area contributed by atoms with Gasteiger partial charge in [-0.2, -0.15) is 10.4 Å². The monoisotopic (exact) mass is 296 g/mol. The zero-order valence-electron chi connectivity index (χ0n) is 12.2. The fraction of sp³-hybridized carbons (Fsp3) is 0. The summed E-state index contributed by atoms with van der Waals surface area (Å²) in [4.78, 5) is 4.53. The van der Waals surface area contributed by atoms with E-state index >= 15 is 0 Å². The van der Waals surface area contributed by atoms with E-state index in [0.29, 0.717) is 5.56 Å². The Balaban J connectivity index is 1.95. The van der Waals surface area contributed by atoms with Crippen LogP contribution in [0.4, 0.5) is 0 Å². The summed E-state index contributed by atoms with van der Waals surface area (Å²) in [5.41, 5.74) is 5.33. The number of benzene rings is 2. The third-order valence-corrected chi connectivity index (χ3v) is 3.86. The van der Waals surface area contributed by atoms with Crippen LogP contribution >= 0.6 is 0 Å². The molecule has 4 aromatic rings. The molecule has 4 nitrogen and oxygen atoms in total. The quantitative estimate of drug-likeness (QED) is 0.604. The Hall–Kier alpha value is -3.45. The van der Waals surface area contributed by atoms with Crippen molar-refractivity contribution in [3.63, 3.8) is 0 Å². The van der Waals surface area contributed by atoms with Crippen molar-refractivity contribution in [1.29, 1.82) is 5.26 Å². The summed E-state index contributed by atoms with van der Waals surface area (Å²) in [5.74, 6) is 0. The molecule has 2 heterocycles. The van der Waals surface area contributed by atoms with Crippen LogP contribution in [0.3, 0.4) is 0 Å². The lowest BCUT2D eigenvalue weighted by Crippen LogP contribution is -1.91. The molecule has 23 heavy (non-hydrogen) atoms. The van der Waals surface area contributed by atoms with E-state index in [9.17, 15) is 5.26 Å². The third-order valence-electron chi connectivity index (χ3n) is 3.86. The fourth-order valence-electron chi connectivity index (χ4n) is 2.75. The smallest absolute Gasteiger partial charge is 0.0998 e. The highest BCUT2D eigenvalue weighted by atomic mass is 15.1. The van der Waals surface area contributed by atoms with Gasteiger partial charge in [0.05, 0.1) is 29.0 Å². The van der Waals surface area contributed by atoms with Crippen LogP contribution in [0.25, 0.3) is 33.3 Å². The Morgan fingerprint density at radius 2 is 1.83 bits per heavy atom. The van der Waals surface area contributed by atoms with Gasteiger partial charge >= 0.3 is 0 Å². The topological polar surface area (TPSA) is 65.4 Å². The van der Waals surface area contributed by atoms with Crippen LogP contribution in [0.15, 0.2) is 67.0 Å². The number of aromatic amines is 1. The first kappa shape index (κ1) is 13.2. The summed E-state index contributed by atoms with van der Waals surface area (Å²) in [5, 5.41) is 17.4. The van der Waals surface area contributed by atoms with Crippen LogP contribution in [0, 0.1) is 11.3 Å². The highest BCUT2D eigenvalue weighted by Gasteiger charge is 2.12. The number of rotatable bonds is 2. The molecule has 0 bridgehead atoms. The molecule has 0 unspecified atom stereocenters. The predicted molar refractivity (Wildman–Crippen MR) is 89.5 cm³/mol. The SMILES string of the molecule is N#Cc1ccccc1-c1ncccc1-c1ccc2[nH]ncc2c1. The van der Waals surface area contributed by atoms with Crippen molar-refractivity contribution in [2.24, 2.45) is 0 Å². The predicted octanol–water partition coefficient (Wildman–Crippen LogP) is 4.16. The maximum Gasteiger partial charge on any atom is 0.0998 e. The van der Waals surface area contributed by atoms with Crippen molar-refractivity contribution in [3.8, 4) is 28.5 Å². The molecule has 0 radical (unpaired) electrons. The molecule has 0 fully saturated rings. The molecular weight excluding hydrogens is 284 g/mol. The van der Waals surface area contributed by atoms with Crippen molar-refractivity contribution in [3.05, 3.63) is 72.6 Å². The summed E-state index contributed by atoms with van der Waals surface area (Å²) < 4.78 is 0. The lowest BCUT2D eigenvalue weighted by atomic mass is 9.96. The second-order valence-electron chi connectivity index (χ2n) is 5.23. The third kappa shape index (κ3) is 2.25. The molecule has 4 rings (SSSR count). The molecule has 0 aliphatic carbocycles. The van der Waals surface area contributed by atoms with Crippen LogP contribution in [0.1, 0.15) is 5.56 Å². The maximum absolute atomic E-state index is 9.36. The first-order valence-electron chi connectivity index (χ1n) is 7.25. The molecule has 0 aliphatic heterocycles. The highest BCUT2D eigenvalue weighted by Crippen LogP contribution is 2.33. The Kier molecular flexibility index (Phi) is 3.10. The number of H-pyrrole nitrogens is 1. The largest absolute Gasteiger partial charge is 0.278 e. The van der Waals surface area contributed by atoms with Gasteiger partial charge in [-0.3, -0.25) is 10.1 Å². The lowest BCUT2D eigenvalue weighted by Gasteiger charge is -2.10. The second-order valence-corrected chi connectivity index (χ2v) is 5.23. The summed E-state index contributed by atoms with van der Waals surface area (Å²) in [6.45, 7) is 0. The molecule has 108 valence electrons. The van der Waals surface area contributed by atoms with Crippen molar-refractivity contribution < 1.29 is 0 Å². The second kappa shape index (κ2) is 5.39. The van der Waals surface area contributed by atoms with Crippen LogP contribution < -0.4 is 0 Å². The number of aromatic nitrogens is 3. The first-order valence-corrected chi connectivity index (χ1v) is 7.25. The van der Waals surface area contributed by atoms with Gasteiger partial charge in [0, 0.05) is 22.7 Å². The Morgan fingerprint density at radius 3 is 2.74 bits per heavy atom. The van der Waals surface area contributed by atoms with E-state index in [-0.39, 0.29) is 0 Å². The molecule has 2 aromatic carbocycles. The van der Waals surface area contributed by atoms with Gasteiger partial charge in [0.25, 0.3) is 0 Å². The van der Waals surface area contributed by atoms with Gasteiger partial charge in [-0.15, -0.1) is 0 Å². The van der Waals surface area contributed by atoms with E-state index in [1.165, 1.54) is 0 Å². The minimum Gasteiger partial charge on any atom is -0.278 e. The number of nitrogens with zero attached hydrogens (tertiary/aromatic N) is 3. The average molecular weight is 296 g/mol. The number of nitrogens with one attached hydrogen (secondary N) is 1. The van der Waals surface area contributed by atoms with E-state index in [0.717, 1.165) is 33.3 Å². The number of nitriles is 1. The summed E-state index contributed by atoms with van der Waals surface area (Å²) in [7, 11) is 0. The van der Waals surface area contributed by atoms with Gasteiger partial charge in [0.15, 0.2) is 0 Å². The molecule has 0 aliphatic rings. The molecule has 0 saturated carbocycles. The van der Waals surface area contributed by atoms with E-state index in [2.05, 4.69) is 27.3 Å². The van der Waals surface area contributed by atoms with Gasteiger partial charge in [-0.1, -0.05) is 30.3 Å². The highest BCUT2D eigenvalue weighted by molar-refractivity contribution is 5.89. The van der Waals surface area contributed by atoms with Gasteiger partial charge in [0.1, 0.15) is 0 Å².